The highest BCUT2D eigenvalue weighted by Gasteiger charge is 2.32. The minimum Gasteiger partial charge on any atom is -0.0854 e. The molecule has 4 atom stereocenters. The van der Waals surface area contributed by atoms with Crippen LogP contribution >= 0.6 is 0 Å². The van der Waals surface area contributed by atoms with Crippen LogP contribution in [0.15, 0.2) is 12.2 Å². The lowest BCUT2D eigenvalue weighted by Gasteiger charge is -2.06. The van der Waals surface area contributed by atoms with Crippen LogP contribution in [0.25, 0.3) is 0 Å². The monoisotopic (exact) mass is 180 g/mol. The van der Waals surface area contributed by atoms with Gasteiger partial charge in [-0.25, -0.2) is 0 Å². The molecule has 1 rings (SSSR count). The molecule has 1 aliphatic rings. The number of hydrogen-bond donors (Lipinski definition) is 0. The second-order valence-electron chi connectivity index (χ2n) is 4.96. The standard InChI is InChI=1S/C13H24/c1-5-10(2)6-7-11(3)8-13-9-12(13)4/h6-7,10-13H,5,8-9H2,1-4H3. The van der Waals surface area contributed by atoms with Gasteiger partial charge in [-0.15, -0.1) is 0 Å². The minimum atomic E-state index is 0.763. The SMILES string of the molecule is CCC(C)C=CC(C)CC1CC1C. The van der Waals surface area contributed by atoms with E-state index in [9.17, 15) is 0 Å². The van der Waals surface area contributed by atoms with Gasteiger partial charge in [-0.2, -0.15) is 0 Å². The lowest BCUT2D eigenvalue weighted by atomic mass is 10.00. The van der Waals surface area contributed by atoms with Crippen LogP contribution in [-0.4, -0.2) is 0 Å². The molecule has 0 bridgehead atoms. The van der Waals surface area contributed by atoms with E-state index in [0.717, 1.165) is 23.7 Å². The van der Waals surface area contributed by atoms with Crippen molar-refractivity contribution in [1.82, 2.24) is 0 Å². The first-order valence-electron chi connectivity index (χ1n) is 5.81. The molecule has 1 saturated carbocycles. The van der Waals surface area contributed by atoms with Crippen molar-refractivity contribution in [2.75, 3.05) is 0 Å². The molecule has 4 unspecified atom stereocenters. The molecule has 0 nitrogen and oxygen atoms in total. The molecule has 0 radical (unpaired) electrons. The van der Waals surface area contributed by atoms with E-state index in [0.29, 0.717) is 0 Å². The van der Waals surface area contributed by atoms with Crippen LogP contribution in [0.2, 0.25) is 0 Å². The molecule has 1 fully saturated rings. The van der Waals surface area contributed by atoms with Gasteiger partial charge in [0.25, 0.3) is 0 Å². The Hall–Kier alpha value is -0.260. The maximum absolute atomic E-state index is 2.42. The second-order valence-corrected chi connectivity index (χ2v) is 4.96. The Balaban J connectivity index is 2.16. The maximum atomic E-state index is 2.42. The fourth-order valence-corrected chi connectivity index (χ4v) is 1.80. The van der Waals surface area contributed by atoms with Crippen LogP contribution in [0.3, 0.4) is 0 Å². The summed E-state index contributed by atoms with van der Waals surface area (Å²) in [6, 6.07) is 0. The highest BCUT2D eigenvalue weighted by molar-refractivity contribution is 4.93. The van der Waals surface area contributed by atoms with Gasteiger partial charge in [0.05, 0.1) is 0 Å². The zero-order valence-corrected chi connectivity index (χ0v) is 9.59. The molecule has 0 heterocycles. The van der Waals surface area contributed by atoms with Gasteiger partial charge in [-0.05, 0) is 36.5 Å². The summed E-state index contributed by atoms with van der Waals surface area (Å²) in [5.41, 5.74) is 0. The minimum absolute atomic E-state index is 0.763. The van der Waals surface area contributed by atoms with Crippen LogP contribution in [0.4, 0.5) is 0 Å². The quantitative estimate of drug-likeness (QED) is 0.554. The van der Waals surface area contributed by atoms with E-state index in [1.807, 2.05) is 0 Å². The normalized spacial score (nSPS) is 32.0. The molecule has 76 valence electrons. The van der Waals surface area contributed by atoms with E-state index in [1.54, 1.807) is 0 Å². The Morgan fingerprint density at radius 2 is 1.77 bits per heavy atom. The third-order valence-electron chi connectivity index (χ3n) is 3.36. The van der Waals surface area contributed by atoms with E-state index in [2.05, 4.69) is 39.8 Å². The van der Waals surface area contributed by atoms with Crippen LogP contribution in [0.1, 0.15) is 47.0 Å². The summed E-state index contributed by atoms with van der Waals surface area (Å²) in [6.07, 6.45) is 8.95. The number of allylic oxidation sites excluding steroid dienone is 2. The molecule has 0 saturated heterocycles. The zero-order valence-electron chi connectivity index (χ0n) is 9.59. The largest absolute Gasteiger partial charge is 0.0854 e. The van der Waals surface area contributed by atoms with Crippen LogP contribution < -0.4 is 0 Å². The van der Waals surface area contributed by atoms with Crippen molar-refractivity contribution >= 4 is 0 Å². The summed E-state index contributed by atoms with van der Waals surface area (Å²) < 4.78 is 0. The molecule has 0 spiro atoms. The van der Waals surface area contributed by atoms with Crippen LogP contribution in [-0.2, 0) is 0 Å². The Bertz CT molecular complexity index is 169. The molecule has 0 aliphatic heterocycles. The Kier molecular flexibility index (Phi) is 4.02. The van der Waals surface area contributed by atoms with Crippen molar-refractivity contribution < 1.29 is 0 Å². The fourth-order valence-electron chi connectivity index (χ4n) is 1.80. The topological polar surface area (TPSA) is 0 Å². The summed E-state index contributed by atoms with van der Waals surface area (Å²) in [7, 11) is 0. The smallest absolute Gasteiger partial charge is 0.0259 e. The van der Waals surface area contributed by atoms with E-state index >= 15 is 0 Å². The van der Waals surface area contributed by atoms with Gasteiger partial charge in [0.2, 0.25) is 0 Å². The van der Waals surface area contributed by atoms with Crippen molar-refractivity contribution in [1.29, 1.82) is 0 Å². The predicted octanol–water partition coefficient (Wildman–Crippen LogP) is 4.27. The number of rotatable bonds is 5. The Morgan fingerprint density at radius 3 is 2.23 bits per heavy atom. The molecule has 0 aromatic carbocycles. The summed E-state index contributed by atoms with van der Waals surface area (Å²) in [6.45, 7) is 9.27. The molecule has 13 heavy (non-hydrogen) atoms. The Labute approximate surface area is 83.4 Å². The van der Waals surface area contributed by atoms with Gasteiger partial charge in [-0.3, -0.25) is 0 Å². The summed E-state index contributed by atoms with van der Waals surface area (Å²) in [4.78, 5) is 0. The highest BCUT2D eigenvalue weighted by Crippen LogP contribution is 2.42. The molecule has 0 N–H and O–H groups in total. The van der Waals surface area contributed by atoms with Crippen molar-refractivity contribution in [2.24, 2.45) is 23.7 Å². The lowest BCUT2D eigenvalue weighted by molar-refractivity contribution is 0.558. The summed E-state index contributed by atoms with van der Waals surface area (Å²) >= 11 is 0. The third-order valence-corrected chi connectivity index (χ3v) is 3.36. The van der Waals surface area contributed by atoms with E-state index in [-0.39, 0.29) is 0 Å². The predicted molar refractivity (Wildman–Crippen MR) is 59.6 cm³/mol. The first kappa shape index (κ1) is 10.8. The zero-order chi connectivity index (χ0) is 9.84. The van der Waals surface area contributed by atoms with Crippen molar-refractivity contribution in [3.8, 4) is 0 Å². The van der Waals surface area contributed by atoms with E-state index in [4.69, 9.17) is 0 Å². The number of hydrogen-bond acceptors (Lipinski definition) is 0. The third kappa shape index (κ3) is 3.97. The molecular formula is C13H24. The molecular weight excluding hydrogens is 156 g/mol. The van der Waals surface area contributed by atoms with E-state index in [1.165, 1.54) is 19.3 Å². The van der Waals surface area contributed by atoms with Gasteiger partial charge < -0.3 is 0 Å². The molecule has 0 amide bonds. The Morgan fingerprint density at radius 1 is 1.23 bits per heavy atom. The van der Waals surface area contributed by atoms with Crippen molar-refractivity contribution in [3.05, 3.63) is 12.2 Å². The van der Waals surface area contributed by atoms with Crippen molar-refractivity contribution in [3.63, 3.8) is 0 Å². The van der Waals surface area contributed by atoms with Gasteiger partial charge in [-0.1, -0.05) is 46.3 Å². The van der Waals surface area contributed by atoms with Gasteiger partial charge in [0.1, 0.15) is 0 Å². The average Bonchev–Trinajstić information content (AvgIpc) is 2.77. The van der Waals surface area contributed by atoms with Gasteiger partial charge in [0, 0.05) is 0 Å². The lowest BCUT2D eigenvalue weighted by Crippen LogP contribution is -1.94. The summed E-state index contributed by atoms with van der Waals surface area (Å²) in [5.74, 6) is 3.61. The van der Waals surface area contributed by atoms with Gasteiger partial charge in [0.15, 0.2) is 0 Å². The maximum Gasteiger partial charge on any atom is -0.0259 e. The molecule has 0 heteroatoms. The van der Waals surface area contributed by atoms with E-state index < -0.39 is 0 Å². The molecule has 0 aromatic rings. The first-order chi connectivity index (χ1) is 6.13. The molecule has 1 aliphatic carbocycles. The fraction of sp³-hybridized carbons (Fsp3) is 0.846. The molecule has 0 aromatic heterocycles. The highest BCUT2D eigenvalue weighted by atomic mass is 14.4. The van der Waals surface area contributed by atoms with Gasteiger partial charge >= 0.3 is 0 Å². The van der Waals surface area contributed by atoms with Crippen molar-refractivity contribution in [2.45, 2.75) is 47.0 Å². The van der Waals surface area contributed by atoms with Crippen LogP contribution in [0.5, 0.6) is 0 Å². The second kappa shape index (κ2) is 4.83. The summed E-state index contributed by atoms with van der Waals surface area (Å²) in [5, 5.41) is 0. The average molecular weight is 180 g/mol. The van der Waals surface area contributed by atoms with Crippen LogP contribution in [0, 0.1) is 23.7 Å². The first-order valence-corrected chi connectivity index (χ1v) is 5.81.